The fourth-order valence-corrected chi connectivity index (χ4v) is 0.269. The lowest BCUT2D eigenvalue weighted by Gasteiger charge is -1.87. The van der Waals surface area contributed by atoms with Gasteiger partial charge in [-0.3, -0.25) is 4.79 Å². The van der Waals surface area contributed by atoms with Crippen molar-refractivity contribution in [1.29, 1.82) is 0 Å². The number of amides is 1. The van der Waals surface area contributed by atoms with Crippen molar-refractivity contribution >= 4 is 12.2 Å². The van der Waals surface area contributed by atoms with Crippen LogP contribution < -0.4 is 0 Å². The summed E-state index contributed by atoms with van der Waals surface area (Å²) in [5, 5.41) is 6.72. The molecule has 0 saturated carbocycles. The summed E-state index contributed by atoms with van der Waals surface area (Å²) in [7, 11) is 0. The monoisotopic (exact) mass is 97.0 g/mol. The zero-order chi connectivity index (χ0) is 5.11. The van der Waals surface area contributed by atoms with E-state index in [9.17, 15) is 4.79 Å². The lowest BCUT2D eigenvalue weighted by molar-refractivity contribution is -0.116. The second-order valence-corrected chi connectivity index (χ2v) is 1.05. The predicted molar refractivity (Wildman–Crippen MR) is 23.2 cm³/mol. The van der Waals surface area contributed by atoms with Crippen LogP contribution in [0.2, 0.25) is 0 Å². The zero-order valence-electron chi connectivity index (χ0n) is 3.53. The molecule has 1 aliphatic heterocycles. The van der Waals surface area contributed by atoms with Crippen LogP contribution in [0.1, 0.15) is 0 Å². The van der Waals surface area contributed by atoms with Gasteiger partial charge in [0.2, 0.25) is 0 Å². The van der Waals surface area contributed by atoms with Crippen LogP contribution in [-0.2, 0) is 4.79 Å². The molecule has 0 atom stereocenters. The van der Waals surface area contributed by atoms with Crippen molar-refractivity contribution in [3.05, 3.63) is 0 Å². The number of carbonyl (C=O) groups is 1. The Morgan fingerprint density at radius 2 is 2.57 bits per heavy atom. The molecular weight excluding hydrogens is 94.1 g/mol. The third-order valence-electron chi connectivity index (χ3n) is 0.541. The summed E-state index contributed by atoms with van der Waals surface area (Å²) in [5.74, 6) is -0.227. The Morgan fingerprint density at radius 3 is 2.86 bits per heavy atom. The molecule has 1 amide bonds. The molecule has 0 fully saturated rings. The Labute approximate surface area is 40.0 Å². The van der Waals surface area contributed by atoms with Crippen LogP contribution in [0.15, 0.2) is 15.2 Å². The number of hydrogen-bond acceptors (Lipinski definition) is 3. The minimum Gasteiger partial charge on any atom is -0.270 e. The lowest BCUT2D eigenvalue weighted by Crippen LogP contribution is -2.00. The van der Waals surface area contributed by atoms with Crippen molar-refractivity contribution < 1.29 is 4.79 Å². The third-order valence-corrected chi connectivity index (χ3v) is 0.541. The topological polar surface area (TPSA) is 54.1 Å². The standard InChI is InChI=1S/C3H3N3O/c7-3-1-5-6-2-4-3/h2H,1H2. The van der Waals surface area contributed by atoms with E-state index in [1.165, 1.54) is 0 Å². The molecule has 4 nitrogen and oxygen atoms in total. The molecule has 7 heavy (non-hydrogen) atoms. The van der Waals surface area contributed by atoms with E-state index in [-0.39, 0.29) is 12.5 Å². The molecule has 0 radical (unpaired) electrons. The molecule has 1 rings (SSSR count). The summed E-state index contributed by atoms with van der Waals surface area (Å²) in [4.78, 5) is 13.4. The molecule has 0 bridgehead atoms. The van der Waals surface area contributed by atoms with Crippen LogP contribution in [0.3, 0.4) is 0 Å². The number of aliphatic imine (C=N–C) groups is 1. The molecule has 0 aromatic carbocycles. The molecule has 36 valence electrons. The van der Waals surface area contributed by atoms with Crippen molar-refractivity contribution in [2.45, 2.75) is 0 Å². The molecule has 0 unspecified atom stereocenters. The van der Waals surface area contributed by atoms with Gasteiger partial charge in [-0.15, -0.1) is 5.11 Å². The van der Waals surface area contributed by atoms with Crippen LogP contribution >= 0.6 is 0 Å². The lowest BCUT2D eigenvalue weighted by atomic mass is 10.6. The van der Waals surface area contributed by atoms with Gasteiger partial charge in [0.25, 0.3) is 5.91 Å². The summed E-state index contributed by atoms with van der Waals surface area (Å²) in [6.45, 7) is 0.108. The average molecular weight is 97.1 g/mol. The van der Waals surface area contributed by atoms with Crippen molar-refractivity contribution in [1.82, 2.24) is 0 Å². The van der Waals surface area contributed by atoms with E-state index >= 15 is 0 Å². The summed E-state index contributed by atoms with van der Waals surface area (Å²) >= 11 is 0. The summed E-state index contributed by atoms with van der Waals surface area (Å²) in [6, 6.07) is 0. The van der Waals surface area contributed by atoms with E-state index in [1.54, 1.807) is 0 Å². The highest BCUT2D eigenvalue weighted by molar-refractivity contribution is 5.87. The van der Waals surface area contributed by atoms with Gasteiger partial charge in [-0.25, -0.2) is 0 Å². The van der Waals surface area contributed by atoms with E-state index in [1.807, 2.05) is 0 Å². The number of hydrogen-bond donors (Lipinski definition) is 0. The minimum atomic E-state index is -0.227. The largest absolute Gasteiger partial charge is 0.270 e. The number of rotatable bonds is 0. The van der Waals surface area contributed by atoms with Gasteiger partial charge in [0.1, 0.15) is 12.9 Å². The number of azo groups is 1. The van der Waals surface area contributed by atoms with E-state index in [4.69, 9.17) is 0 Å². The zero-order valence-corrected chi connectivity index (χ0v) is 3.53. The molecule has 0 spiro atoms. The first kappa shape index (κ1) is 4.11. The molecule has 0 saturated heterocycles. The van der Waals surface area contributed by atoms with Crippen molar-refractivity contribution in [3.63, 3.8) is 0 Å². The van der Waals surface area contributed by atoms with Crippen LogP contribution in [-0.4, -0.2) is 18.8 Å². The van der Waals surface area contributed by atoms with Crippen LogP contribution in [0.25, 0.3) is 0 Å². The Hall–Kier alpha value is -1.06. The maximum Gasteiger partial charge on any atom is 0.270 e. The Kier molecular flexibility index (Phi) is 0.934. The Bertz CT molecular complexity index is 137. The normalized spacial score (nSPS) is 18.0. The van der Waals surface area contributed by atoms with Crippen LogP contribution in [0.4, 0.5) is 0 Å². The van der Waals surface area contributed by atoms with Crippen molar-refractivity contribution in [2.75, 3.05) is 6.54 Å². The molecule has 1 heterocycles. The van der Waals surface area contributed by atoms with Crippen molar-refractivity contribution in [3.8, 4) is 0 Å². The number of nitrogens with zero attached hydrogens (tertiary/aromatic N) is 3. The van der Waals surface area contributed by atoms with Gasteiger partial charge in [-0.1, -0.05) is 0 Å². The fraction of sp³-hybridized carbons (Fsp3) is 0.333. The van der Waals surface area contributed by atoms with Gasteiger partial charge >= 0.3 is 0 Å². The van der Waals surface area contributed by atoms with E-state index in [0.29, 0.717) is 0 Å². The maximum absolute atomic E-state index is 10.1. The second-order valence-electron chi connectivity index (χ2n) is 1.05. The third kappa shape index (κ3) is 0.887. The molecule has 0 aromatic rings. The van der Waals surface area contributed by atoms with E-state index in [0.717, 1.165) is 6.34 Å². The van der Waals surface area contributed by atoms with Gasteiger partial charge in [0.05, 0.1) is 0 Å². The fourth-order valence-electron chi connectivity index (χ4n) is 0.269. The van der Waals surface area contributed by atoms with Gasteiger partial charge < -0.3 is 0 Å². The molecule has 0 aromatic heterocycles. The van der Waals surface area contributed by atoms with Gasteiger partial charge in [-0.2, -0.15) is 10.1 Å². The first-order valence-corrected chi connectivity index (χ1v) is 1.81. The molecule has 4 heteroatoms. The highest BCUT2D eigenvalue weighted by atomic mass is 16.1. The highest BCUT2D eigenvalue weighted by Crippen LogP contribution is 1.83. The predicted octanol–water partition coefficient (Wildman–Crippen LogP) is 0.00710. The molecule has 0 aliphatic carbocycles. The summed E-state index contributed by atoms with van der Waals surface area (Å²) in [6.07, 6.45) is 1.14. The first-order chi connectivity index (χ1) is 3.39. The molecular formula is C3H3N3O. The van der Waals surface area contributed by atoms with Crippen molar-refractivity contribution in [2.24, 2.45) is 15.2 Å². The summed E-state index contributed by atoms with van der Waals surface area (Å²) in [5.41, 5.74) is 0. The van der Waals surface area contributed by atoms with Gasteiger partial charge in [0, 0.05) is 0 Å². The Morgan fingerprint density at radius 1 is 1.71 bits per heavy atom. The van der Waals surface area contributed by atoms with Gasteiger partial charge in [0.15, 0.2) is 0 Å². The van der Waals surface area contributed by atoms with Crippen LogP contribution in [0, 0.1) is 0 Å². The smallest absolute Gasteiger partial charge is 0.270 e. The van der Waals surface area contributed by atoms with E-state index < -0.39 is 0 Å². The average Bonchev–Trinajstić information content (AvgIpc) is 1.69. The minimum absolute atomic E-state index is 0.108. The quantitative estimate of drug-likeness (QED) is 0.420. The highest BCUT2D eigenvalue weighted by Gasteiger charge is 1.96. The maximum atomic E-state index is 10.1. The van der Waals surface area contributed by atoms with Gasteiger partial charge in [-0.05, 0) is 0 Å². The van der Waals surface area contributed by atoms with Crippen LogP contribution in [0.5, 0.6) is 0 Å². The second kappa shape index (κ2) is 1.59. The molecule has 0 N–H and O–H groups in total. The Balaban J connectivity index is 2.66. The summed E-state index contributed by atoms with van der Waals surface area (Å²) < 4.78 is 0. The number of carbonyl (C=O) groups excluding carboxylic acids is 1. The van der Waals surface area contributed by atoms with E-state index in [2.05, 4.69) is 15.2 Å². The SMILES string of the molecule is O=C1CN=NC=N1. The first-order valence-electron chi connectivity index (χ1n) is 1.81. The molecule has 1 aliphatic rings.